The van der Waals surface area contributed by atoms with Crippen LogP contribution in [0.15, 0.2) is 158 Å². The molecule has 20 heteroatoms. The molecule has 4 saturated heterocycles. The lowest BCUT2D eigenvalue weighted by Crippen LogP contribution is -2.62. The van der Waals surface area contributed by atoms with Gasteiger partial charge in [0.1, 0.15) is 24.2 Å². The van der Waals surface area contributed by atoms with Gasteiger partial charge in [-0.1, -0.05) is 133 Å². The van der Waals surface area contributed by atoms with E-state index in [0.29, 0.717) is 49.9 Å². The molecule has 4 aliphatic rings. The number of anilines is 2. The van der Waals surface area contributed by atoms with E-state index in [1.165, 1.54) is 0 Å². The molecule has 4 aliphatic heterocycles. The summed E-state index contributed by atoms with van der Waals surface area (Å²) in [6, 6.07) is 42.4. The van der Waals surface area contributed by atoms with Crippen LogP contribution in [0.4, 0.5) is 21.0 Å². The highest BCUT2D eigenvalue weighted by Crippen LogP contribution is 2.35. The fourth-order valence-corrected chi connectivity index (χ4v) is 12.8. The third-order valence-electron chi connectivity index (χ3n) is 18.2. The van der Waals surface area contributed by atoms with Crippen LogP contribution < -0.4 is 42.5 Å². The van der Waals surface area contributed by atoms with Gasteiger partial charge in [0.25, 0.3) is 0 Å². The second-order valence-corrected chi connectivity index (χ2v) is 24.0. The number of hydrogen-bond acceptors (Lipinski definition) is 10. The van der Waals surface area contributed by atoms with Crippen LogP contribution in [0, 0.1) is 13.8 Å². The first-order valence-electron chi connectivity index (χ1n) is 31.2. The van der Waals surface area contributed by atoms with Crippen LogP contribution in [0.3, 0.4) is 0 Å². The van der Waals surface area contributed by atoms with E-state index in [1.54, 1.807) is 47.5 Å². The van der Waals surface area contributed by atoms with Crippen molar-refractivity contribution in [2.45, 2.75) is 127 Å². The molecular weight excluding hydrogens is 1140 g/mol. The molecule has 90 heavy (non-hydrogen) atoms. The lowest BCUT2D eigenvalue weighted by atomic mass is 9.98. The van der Waals surface area contributed by atoms with E-state index in [1.807, 2.05) is 172 Å². The molecule has 4 fully saturated rings. The van der Waals surface area contributed by atoms with Crippen molar-refractivity contribution in [2.24, 2.45) is 0 Å². The molecule has 0 spiro atoms. The number of fused-ring (bicyclic) bond motifs is 2. The van der Waals surface area contributed by atoms with Crippen molar-refractivity contribution in [1.29, 1.82) is 0 Å². The summed E-state index contributed by atoms with van der Waals surface area (Å²) in [5, 5.41) is 24.3. The summed E-state index contributed by atoms with van der Waals surface area (Å²) in [7, 11) is 3.29. The zero-order valence-corrected chi connectivity index (χ0v) is 51.9. The third-order valence-corrected chi connectivity index (χ3v) is 18.2. The molecule has 0 radical (unpaired) electrons. The summed E-state index contributed by atoms with van der Waals surface area (Å²) in [5.41, 5.74) is 7.92. The van der Waals surface area contributed by atoms with Crippen molar-refractivity contribution in [3.05, 3.63) is 191 Å². The quantitative estimate of drug-likeness (QED) is 0.0458. The molecule has 0 bridgehead atoms. The maximum Gasteiger partial charge on any atom is 0.321 e. The van der Waals surface area contributed by atoms with Gasteiger partial charge in [-0.3, -0.25) is 28.8 Å². The number of nitrogens with zero attached hydrogens (tertiary/aromatic N) is 4. The molecule has 6 aromatic carbocycles. The molecule has 0 saturated carbocycles. The number of carbonyl (C=O) groups excluding carboxylic acids is 8. The Labute approximate surface area is 526 Å². The summed E-state index contributed by atoms with van der Waals surface area (Å²) in [6.07, 6.45) is 2.75. The smallest absolute Gasteiger partial charge is 0.321 e. The predicted molar refractivity (Wildman–Crippen MR) is 346 cm³/mol. The van der Waals surface area contributed by atoms with Crippen molar-refractivity contribution < 1.29 is 38.4 Å². The van der Waals surface area contributed by atoms with Gasteiger partial charge in [-0.15, -0.1) is 0 Å². The highest BCUT2D eigenvalue weighted by Gasteiger charge is 2.48. The number of benzene rings is 6. The first-order valence-corrected chi connectivity index (χ1v) is 31.2. The molecule has 6 aromatic rings. The zero-order valence-electron chi connectivity index (χ0n) is 51.9. The van der Waals surface area contributed by atoms with Gasteiger partial charge in [-0.05, 0) is 149 Å². The van der Waals surface area contributed by atoms with Gasteiger partial charge >= 0.3 is 12.1 Å². The first kappa shape index (κ1) is 63.6. The average molecular weight is 1220 g/mol. The number of hydrogen-bond donors (Lipinski definition) is 8. The molecule has 4 heterocycles. The third kappa shape index (κ3) is 14.5. The van der Waals surface area contributed by atoms with Crippen molar-refractivity contribution in [2.75, 3.05) is 50.9 Å². The Kier molecular flexibility index (Phi) is 20.4. The Morgan fingerprint density at radius 2 is 0.778 bits per heavy atom. The van der Waals surface area contributed by atoms with Gasteiger partial charge in [-0.2, -0.15) is 0 Å². The second-order valence-electron chi connectivity index (χ2n) is 24.0. The van der Waals surface area contributed by atoms with E-state index in [9.17, 15) is 38.4 Å². The summed E-state index contributed by atoms with van der Waals surface area (Å²) >= 11 is 0. The standard InChI is InChI=1S/C70H82N12O8/c1-43-39-51(27-31-55(43)75-69(89)79-37-35-53-29-33-59(81(53)67(87)57(41-79)73-63(83)45(3)71-5)65(85)77-61(47-19-11-7-12-20-47)48-21-13-8-14-22-48)52-28-32-56(44(2)40-52)76-70(90)80-38-36-54-30-34-60(82(54)68(88)58(42-80)74-64(84)46(4)72-6)66(86)78-62(49-23-15-9-16-24-49)50-25-17-10-18-26-50/h7-28,31-32,39-40,45-46,53-54,57-62,71-72H,29-30,33-38,41-42H2,1-6H3,(H,73,83)(H,74,84)(H,75,89)(H,76,90)(H,77,85)(H,78,86)/t45-,46-,53+,54+,57-,58-,59-,60-/m0/s1. The van der Waals surface area contributed by atoms with Gasteiger partial charge in [0, 0.05) is 36.5 Å². The topological polar surface area (TPSA) is 246 Å². The van der Waals surface area contributed by atoms with E-state index < -0.39 is 84.0 Å². The van der Waals surface area contributed by atoms with Crippen LogP contribution in [0.1, 0.15) is 97.8 Å². The van der Waals surface area contributed by atoms with Crippen LogP contribution in [0.5, 0.6) is 0 Å². The van der Waals surface area contributed by atoms with Crippen LogP contribution in [-0.4, -0.2) is 156 Å². The van der Waals surface area contributed by atoms with Gasteiger partial charge in [-0.25, -0.2) is 9.59 Å². The fraction of sp³-hybridized carbons (Fsp3) is 0.371. The normalized spacial score (nSPS) is 20.8. The molecular formula is C70H82N12O8. The van der Waals surface area contributed by atoms with E-state index in [0.717, 1.165) is 44.5 Å². The molecule has 10 rings (SSSR count). The molecule has 0 aromatic heterocycles. The minimum absolute atomic E-state index is 0.130. The average Bonchev–Trinajstić information content (AvgIpc) is 1.63. The Bertz CT molecular complexity index is 3250. The largest absolute Gasteiger partial charge is 0.343 e. The Hall–Kier alpha value is -9.40. The van der Waals surface area contributed by atoms with Crippen molar-refractivity contribution in [1.82, 2.24) is 51.5 Å². The van der Waals surface area contributed by atoms with Crippen molar-refractivity contribution in [3.63, 3.8) is 0 Å². The van der Waals surface area contributed by atoms with Gasteiger partial charge < -0.3 is 62.1 Å². The summed E-state index contributed by atoms with van der Waals surface area (Å²) in [5.74, 6) is -2.28. The van der Waals surface area contributed by atoms with E-state index in [4.69, 9.17) is 0 Å². The number of carbonyl (C=O) groups is 8. The van der Waals surface area contributed by atoms with Crippen molar-refractivity contribution in [3.8, 4) is 11.1 Å². The van der Waals surface area contributed by atoms with Crippen LogP contribution in [0.2, 0.25) is 0 Å². The summed E-state index contributed by atoms with van der Waals surface area (Å²) in [4.78, 5) is 121. The van der Waals surface area contributed by atoms with E-state index in [2.05, 4.69) is 42.5 Å². The number of likely N-dealkylation sites (N-methyl/N-ethyl adjacent to an activating group) is 2. The molecule has 20 nitrogen and oxygen atoms in total. The Morgan fingerprint density at radius 3 is 1.09 bits per heavy atom. The minimum atomic E-state index is -1.14. The number of nitrogens with one attached hydrogen (secondary N) is 8. The first-order chi connectivity index (χ1) is 43.5. The fourth-order valence-electron chi connectivity index (χ4n) is 12.8. The molecule has 8 N–H and O–H groups in total. The Morgan fingerprint density at radius 1 is 0.444 bits per heavy atom. The lowest BCUT2D eigenvalue weighted by Gasteiger charge is -2.39. The second kappa shape index (κ2) is 28.8. The summed E-state index contributed by atoms with van der Waals surface area (Å²) in [6.45, 7) is 7.39. The van der Waals surface area contributed by atoms with Crippen LogP contribution in [-0.2, 0) is 28.8 Å². The van der Waals surface area contributed by atoms with Gasteiger partial charge in [0.15, 0.2) is 0 Å². The number of rotatable bonds is 17. The number of amides is 10. The predicted octanol–water partition coefficient (Wildman–Crippen LogP) is 7.16. The minimum Gasteiger partial charge on any atom is -0.343 e. The zero-order chi connectivity index (χ0) is 63.6. The number of urea groups is 2. The highest BCUT2D eigenvalue weighted by atomic mass is 16.2. The monoisotopic (exact) mass is 1220 g/mol. The molecule has 10 amide bonds. The summed E-state index contributed by atoms with van der Waals surface area (Å²) < 4.78 is 0. The van der Waals surface area contributed by atoms with Crippen molar-refractivity contribution >= 4 is 58.9 Å². The van der Waals surface area contributed by atoms with Crippen LogP contribution >= 0.6 is 0 Å². The SMILES string of the molecule is CN[C@@H](C)C(=O)N[C@H]1CN(C(=O)Nc2ccc(-c3ccc(NC(=O)N4CC[C@H]5CC[C@@H](C(=O)NC(c6ccccc6)c6ccccc6)N5C(=O)[C@@H](NC(=O)[C@H](C)NC)C4)c(C)c3)cc2C)CC[C@H]2CC[C@@H](C(=O)NC(c3ccccc3)c3ccccc3)N2C1=O. The maximum atomic E-state index is 14.8. The van der Waals surface area contributed by atoms with E-state index in [-0.39, 0.29) is 50.1 Å². The number of aryl methyl sites for hydroxylation is 2. The van der Waals surface area contributed by atoms with Crippen LogP contribution in [0.25, 0.3) is 11.1 Å². The molecule has 8 atom stereocenters. The molecule has 0 aliphatic carbocycles. The maximum absolute atomic E-state index is 14.8. The van der Waals surface area contributed by atoms with Gasteiger partial charge in [0.2, 0.25) is 35.4 Å². The molecule has 470 valence electrons. The highest BCUT2D eigenvalue weighted by molar-refractivity contribution is 5.98. The van der Waals surface area contributed by atoms with E-state index >= 15 is 0 Å². The Balaban J connectivity index is 0.797. The van der Waals surface area contributed by atoms with Gasteiger partial charge in [0.05, 0.1) is 37.3 Å². The lowest BCUT2D eigenvalue weighted by molar-refractivity contribution is -0.144. The molecule has 0 unspecified atom stereocenters.